The van der Waals surface area contributed by atoms with Crippen LogP contribution in [0.4, 0.5) is 11.6 Å². The van der Waals surface area contributed by atoms with Crippen LogP contribution in [0.5, 0.6) is 11.6 Å². The van der Waals surface area contributed by atoms with Crippen molar-refractivity contribution >= 4 is 11.6 Å². The van der Waals surface area contributed by atoms with Gasteiger partial charge >= 0.3 is 5.69 Å². The number of aromatic nitrogens is 2. The van der Waals surface area contributed by atoms with E-state index in [1.807, 2.05) is 0 Å². The zero-order valence-electron chi connectivity index (χ0n) is 10.5. The SMILES string of the molecule is Cc1cc(C)c(Oc2ccnc(N)n2)c([N+](=O)[O-])c1. The van der Waals surface area contributed by atoms with Crippen LogP contribution >= 0.6 is 0 Å². The molecule has 0 aliphatic rings. The van der Waals surface area contributed by atoms with Crippen LogP contribution in [0.15, 0.2) is 24.4 Å². The number of nitro groups is 1. The monoisotopic (exact) mass is 260 g/mol. The summed E-state index contributed by atoms with van der Waals surface area (Å²) in [5, 5.41) is 11.1. The Balaban J connectivity index is 2.47. The smallest absolute Gasteiger partial charge is 0.312 e. The molecule has 0 saturated carbocycles. The highest BCUT2D eigenvalue weighted by atomic mass is 16.6. The quantitative estimate of drug-likeness (QED) is 0.671. The maximum Gasteiger partial charge on any atom is 0.312 e. The lowest BCUT2D eigenvalue weighted by molar-refractivity contribution is -0.385. The molecular formula is C12H12N4O3. The molecule has 0 radical (unpaired) electrons. The molecule has 7 nitrogen and oxygen atoms in total. The molecule has 7 heteroatoms. The Morgan fingerprint density at radius 2 is 2.11 bits per heavy atom. The highest BCUT2D eigenvalue weighted by Gasteiger charge is 2.19. The van der Waals surface area contributed by atoms with Crippen LogP contribution < -0.4 is 10.5 Å². The van der Waals surface area contributed by atoms with Crippen molar-refractivity contribution in [2.75, 3.05) is 5.73 Å². The Morgan fingerprint density at radius 3 is 2.74 bits per heavy atom. The third kappa shape index (κ3) is 2.76. The molecule has 2 aromatic rings. The van der Waals surface area contributed by atoms with Crippen molar-refractivity contribution in [3.63, 3.8) is 0 Å². The fourth-order valence-electron chi connectivity index (χ4n) is 1.72. The van der Waals surface area contributed by atoms with Crippen LogP contribution in [0.3, 0.4) is 0 Å². The first-order valence-electron chi connectivity index (χ1n) is 5.49. The van der Waals surface area contributed by atoms with Gasteiger partial charge in [0.15, 0.2) is 0 Å². The van der Waals surface area contributed by atoms with Crippen LogP contribution in [-0.4, -0.2) is 14.9 Å². The van der Waals surface area contributed by atoms with E-state index >= 15 is 0 Å². The average Bonchev–Trinajstić information content (AvgIpc) is 2.32. The number of aryl methyl sites for hydroxylation is 2. The third-order valence-electron chi connectivity index (χ3n) is 2.45. The van der Waals surface area contributed by atoms with E-state index in [2.05, 4.69) is 9.97 Å². The van der Waals surface area contributed by atoms with E-state index in [9.17, 15) is 10.1 Å². The number of rotatable bonds is 3. The van der Waals surface area contributed by atoms with Crippen molar-refractivity contribution < 1.29 is 9.66 Å². The number of ether oxygens (including phenoxy) is 1. The molecular weight excluding hydrogens is 248 g/mol. The molecule has 19 heavy (non-hydrogen) atoms. The lowest BCUT2D eigenvalue weighted by atomic mass is 10.1. The summed E-state index contributed by atoms with van der Waals surface area (Å²) in [6, 6.07) is 4.74. The number of anilines is 1. The van der Waals surface area contributed by atoms with Gasteiger partial charge in [0.1, 0.15) is 0 Å². The van der Waals surface area contributed by atoms with Gasteiger partial charge in [-0.05, 0) is 25.0 Å². The molecule has 0 aliphatic carbocycles. The van der Waals surface area contributed by atoms with Gasteiger partial charge < -0.3 is 10.5 Å². The largest absolute Gasteiger partial charge is 0.431 e. The molecule has 98 valence electrons. The van der Waals surface area contributed by atoms with Gasteiger partial charge in [0.25, 0.3) is 0 Å². The molecule has 2 rings (SSSR count). The number of nitrogen functional groups attached to an aromatic ring is 1. The van der Waals surface area contributed by atoms with E-state index in [1.165, 1.54) is 18.3 Å². The van der Waals surface area contributed by atoms with Crippen LogP contribution in [0, 0.1) is 24.0 Å². The van der Waals surface area contributed by atoms with Crippen LogP contribution in [-0.2, 0) is 0 Å². The average molecular weight is 260 g/mol. The molecule has 0 bridgehead atoms. The zero-order valence-corrected chi connectivity index (χ0v) is 10.5. The Bertz CT molecular complexity index is 643. The summed E-state index contributed by atoms with van der Waals surface area (Å²) in [6.45, 7) is 3.52. The van der Waals surface area contributed by atoms with E-state index in [4.69, 9.17) is 10.5 Å². The number of nitrogens with zero attached hydrogens (tertiary/aromatic N) is 3. The first kappa shape index (κ1) is 12.7. The number of hydrogen-bond acceptors (Lipinski definition) is 6. The van der Waals surface area contributed by atoms with Crippen molar-refractivity contribution in [1.29, 1.82) is 0 Å². The molecule has 0 unspecified atom stereocenters. The summed E-state index contributed by atoms with van der Waals surface area (Å²) in [6.07, 6.45) is 1.42. The normalized spacial score (nSPS) is 10.2. The predicted octanol–water partition coefficient (Wildman–Crippen LogP) is 2.38. The van der Waals surface area contributed by atoms with Crippen molar-refractivity contribution in [3.05, 3.63) is 45.6 Å². The molecule has 0 atom stereocenters. The van der Waals surface area contributed by atoms with Crippen LogP contribution in [0.2, 0.25) is 0 Å². The van der Waals surface area contributed by atoms with Crippen LogP contribution in [0.25, 0.3) is 0 Å². The van der Waals surface area contributed by atoms with E-state index in [0.717, 1.165) is 5.56 Å². The third-order valence-corrected chi connectivity index (χ3v) is 2.45. The fourth-order valence-corrected chi connectivity index (χ4v) is 1.72. The number of nitro benzene ring substituents is 1. The Morgan fingerprint density at radius 1 is 1.37 bits per heavy atom. The molecule has 1 heterocycles. The van der Waals surface area contributed by atoms with Crippen molar-refractivity contribution in [2.45, 2.75) is 13.8 Å². The summed E-state index contributed by atoms with van der Waals surface area (Å²) < 4.78 is 5.46. The number of nitrogens with two attached hydrogens (primary N) is 1. The van der Waals surface area contributed by atoms with Gasteiger partial charge in [0, 0.05) is 18.3 Å². The Kier molecular flexibility index (Phi) is 3.28. The van der Waals surface area contributed by atoms with Gasteiger partial charge in [-0.15, -0.1) is 0 Å². The molecule has 0 spiro atoms. The number of hydrogen-bond donors (Lipinski definition) is 1. The maximum absolute atomic E-state index is 11.1. The van der Waals surface area contributed by atoms with Crippen molar-refractivity contribution in [1.82, 2.24) is 9.97 Å². The van der Waals surface area contributed by atoms with Crippen LogP contribution in [0.1, 0.15) is 11.1 Å². The first-order valence-corrected chi connectivity index (χ1v) is 5.49. The van der Waals surface area contributed by atoms with E-state index in [1.54, 1.807) is 19.9 Å². The van der Waals surface area contributed by atoms with Gasteiger partial charge in [-0.25, -0.2) is 4.98 Å². The minimum Gasteiger partial charge on any atom is -0.431 e. The van der Waals surface area contributed by atoms with Crippen molar-refractivity contribution in [2.24, 2.45) is 0 Å². The molecule has 1 aromatic carbocycles. The maximum atomic E-state index is 11.1. The molecule has 0 saturated heterocycles. The fraction of sp³-hybridized carbons (Fsp3) is 0.167. The second-order valence-corrected chi connectivity index (χ2v) is 4.04. The lowest BCUT2D eigenvalue weighted by Gasteiger charge is -2.09. The summed E-state index contributed by atoms with van der Waals surface area (Å²) in [4.78, 5) is 18.1. The molecule has 2 N–H and O–H groups in total. The summed E-state index contributed by atoms with van der Waals surface area (Å²) in [5.74, 6) is 0.376. The molecule has 0 aliphatic heterocycles. The predicted molar refractivity (Wildman–Crippen MR) is 69.1 cm³/mol. The zero-order chi connectivity index (χ0) is 14.0. The highest BCUT2D eigenvalue weighted by molar-refractivity contribution is 5.54. The molecule has 0 fully saturated rings. The topological polar surface area (TPSA) is 104 Å². The van der Waals surface area contributed by atoms with E-state index in [0.29, 0.717) is 5.56 Å². The highest BCUT2D eigenvalue weighted by Crippen LogP contribution is 2.34. The standard InChI is InChI=1S/C12H12N4O3/c1-7-5-8(2)11(9(6-7)16(17)18)19-10-3-4-14-12(13)15-10/h3-6H,1-2H3,(H2,13,14,15). The second-order valence-electron chi connectivity index (χ2n) is 4.04. The minimum atomic E-state index is -0.486. The summed E-state index contributed by atoms with van der Waals surface area (Å²) >= 11 is 0. The van der Waals surface area contributed by atoms with Gasteiger partial charge in [-0.2, -0.15) is 4.98 Å². The first-order chi connectivity index (χ1) is 8.97. The molecule has 1 aromatic heterocycles. The lowest BCUT2D eigenvalue weighted by Crippen LogP contribution is -2.00. The van der Waals surface area contributed by atoms with E-state index < -0.39 is 4.92 Å². The van der Waals surface area contributed by atoms with Crippen molar-refractivity contribution in [3.8, 4) is 11.6 Å². The van der Waals surface area contributed by atoms with Gasteiger partial charge in [0.2, 0.25) is 17.6 Å². The van der Waals surface area contributed by atoms with Gasteiger partial charge in [0.05, 0.1) is 4.92 Å². The minimum absolute atomic E-state index is 0.0462. The van der Waals surface area contributed by atoms with E-state index in [-0.39, 0.29) is 23.3 Å². The number of benzene rings is 1. The Labute approximate surface area is 109 Å². The summed E-state index contributed by atoms with van der Waals surface area (Å²) in [5.41, 5.74) is 6.78. The summed E-state index contributed by atoms with van der Waals surface area (Å²) in [7, 11) is 0. The second kappa shape index (κ2) is 4.89. The Hall–Kier alpha value is -2.70. The van der Waals surface area contributed by atoms with Gasteiger partial charge in [-0.3, -0.25) is 10.1 Å². The molecule has 0 amide bonds. The van der Waals surface area contributed by atoms with Gasteiger partial charge in [-0.1, -0.05) is 6.07 Å².